The van der Waals surface area contributed by atoms with Crippen molar-refractivity contribution in [3.63, 3.8) is 0 Å². The molecular formula is C15H21NO4S. The molecule has 2 unspecified atom stereocenters. The van der Waals surface area contributed by atoms with Crippen molar-refractivity contribution >= 4 is 15.7 Å². The van der Waals surface area contributed by atoms with Crippen LogP contribution in [0, 0.1) is 0 Å². The summed E-state index contributed by atoms with van der Waals surface area (Å²) >= 11 is 0. The fraction of sp³-hybridized carbons (Fsp3) is 0.533. The summed E-state index contributed by atoms with van der Waals surface area (Å²) in [6, 6.07) is 6.40. The summed E-state index contributed by atoms with van der Waals surface area (Å²) in [7, 11) is -1.76. The van der Waals surface area contributed by atoms with E-state index in [-0.39, 0.29) is 23.5 Å². The average molecular weight is 311 g/mol. The summed E-state index contributed by atoms with van der Waals surface area (Å²) in [5, 5.41) is 8.93. The van der Waals surface area contributed by atoms with Crippen LogP contribution in [0.4, 0.5) is 0 Å². The van der Waals surface area contributed by atoms with Crippen LogP contribution in [0.5, 0.6) is 5.75 Å². The van der Waals surface area contributed by atoms with Crippen molar-refractivity contribution in [1.82, 2.24) is 4.90 Å². The number of para-hydroxylation sites is 1. The molecule has 1 amide bonds. The molecule has 2 rings (SSSR count). The summed E-state index contributed by atoms with van der Waals surface area (Å²) in [5.41, 5.74) is 0.613. The van der Waals surface area contributed by atoms with Crippen LogP contribution in [0.1, 0.15) is 37.8 Å². The van der Waals surface area contributed by atoms with E-state index in [0.717, 1.165) is 6.42 Å². The van der Waals surface area contributed by atoms with Gasteiger partial charge in [0.1, 0.15) is 11.0 Å². The lowest BCUT2D eigenvalue weighted by Crippen LogP contribution is -2.44. The number of hydrogen-bond donors (Lipinski definition) is 1. The standard InChI is InChI=1S/C15H21NO4S/c1-11(12-7-3-4-8-13(12)17)16(2)15(18)14-9-5-6-10-21(14,19)20/h3-4,7-8,11,14,17H,5-6,9-10H2,1-2H3. The molecule has 21 heavy (non-hydrogen) atoms. The van der Waals surface area contributed by atoms with Crippen molar-refractivity contribution in [2.45, 2.75) is 37.5 Å². The predicted molar refractivity (Wildman–Crippen MR) is 80.7 cm³/mol. The molecule has 6 heteroatoms. The minimum atomic E-state index is -3.35. The van der Waals surface area contributed by atoms with Crippen molar-refractivity contribution < 1.29 is 18.3 Å². The Morgan fingerprint density at radius 1 is 1.33 bits per heavy atom. The molecule has 0 saturated carbocycles. The molecule has 1 aliphatic rings. The van der Waals surface area contributed by atoms with Crippen molar-refractivity contribution in [2.75, 3.05) is 12.8 Å². The molecule has 1 aromatic carbocycles. The molecule has 1 aromatic rings. The maximum Gasteiger partial charge on any atom is 0.241 e. The van der Waals surface area contributed by atoms with E-state index < -0.39 is 15.1 Å². The molecule has 1 heterocycles. The van der Waals surface area contributed by atoms with Gasteiger partial charge in [0.15, 0.2) is 9.84 Å². The van der Waals surface area contributed by atoms with Crippen molar-refractivity contribution in [3.05, 3.63) is 29.8 Å². The molecular weight excluding hydrogens is 290 g/mol. The summed E-state index contributed by atoms with van der Waals surface area (Å²) < 4.78 is 24.1. The molecule has 0 spiro atoms. The lowest BCUT2D eigenvalue weighted by atomic mass is 10.1. The second-order valence-corrected chi connectivity index (χ2v) is 7.84. The predicted octanol–water partition coefficient (Wildman–Crippen LogP) is 1.88. The van der Waals surface area contributed by atoms with Gasteiger partial charge in [-0.15, -0.1) is 0 Å². The van der Waals surface area contributed by atoms with Gasteiger partial charge in [0.05, 0.1) is 11.8 Å². The summed E-state index contributed by atoms with van der Waals surface area (Å²) in [6.07, 6.45) is 1.78. The number of phenols is 1. The number of phenolic OH excluding ortho intramolecular Hbond substituents is 1. The summed E-state index contributed by atoms with van der Waals surface area (Å²) in [4.78, 5) is 13.9. The van der Waals surface area contributed by atoms with E-state index in [4.69, 9.17) is 0 Å². The summed E-state index contributed by atoms with van der Waals surface area (Å²) in [5.74, 6) is -0.191. The third-order valence-corrected chi connectivity index (χ3v) is 6.33. The first-order valence-corrected chi connectivity index (χ1v) is 8.82. The van der Waals surface area contributed by atoms with E-state index in [1.165, 1.54) is 4.90 Å². The van der Waals surface area contributed by atoms with Crippen LogP contribution >= 0.6 is 0 Å². The van der Waals surface area contributed by atoms with Gasteiger partial charge < -0.3 is 10.0 Å². The minimum Gasteiger partial charge on any atom is -0.508 e. The number of carbonyl (C=O) groups excluding carboxylic acids is 1. The zero-order valence-corrected chi connectivity index (χ0v) is 13.1. The van der Waals surface area contributed by atoms with E-state index in [9.17, 15) is 18.3 Å². The highest BCUT2D eigenvalue weighted by molar-refractivity contribution is 7.92. The van der Waals surface area contributed by atoms with Gasteiger partial charge >= 0.3 is 0 Å². The zero-order valence-electron chi connectivity index (χ0n) is 12.3. The number of carbonyl (C=O) groups is 1. The van der Waals surface area contributed by atoms with Crippen LogP contribution in [0.15, 0.2) is 24.3 Å². The fourth-order valence-electron chi connectivity index (χ4n) is 2.70. The van der Waals surface area contributed by atoms with E-state index in [2.05, 4.69) is 0 Å². The molecule has 2 atom stereocenters. The minimum absolute atomic E-state index is 0.0855. The molecule has 5 nitrogen and oxygen atoms in total. The molecule has 0 aromatic heterocycles. The zero-order chi connectivity index (χ0) is 15.6. The molecule has 0 bridgehead atoms. The molecule has 1 saturated heterocycles. The first-order chi connectivity index (χ1) is 9.84. The summed E-state index contributed by atoms with van der Waals surface area (Å²) in [6.45, 7) is 1.78. The third kappa shape index (κ3) is 3.20. The lowest BCUT2D eigenvalue weighted by Gasteiger charge is -2.31. The molecule has 1 aliphatic heterocycles. The largest absolute Gasteiger partial charge is 0.508 e. The number of nitrogens with zero attached hydrogens (tertiary/aromatic N) is 1. The maximum absolute atomic E-state index is 12.5. The van der Waals surface area contributed by atoms with Crippen LogP contribution < -0.4 is 0 Å². The smallest absolute Gasteiger partial charge is 0.241 e. The third-order valence-electron chi connectivity index (χ3n) is 4.17. The van der Waals surface area contributed by atoms with E-state index in [0.29, 0.717) is 18.4 Å². The number of aromatic hydroxyl groups is 1. The van der Waals surface area contributed by atoms with Gasteiger partial charge in [-0.05, 0) is 25.8 Å². The van der Waals surface area contributed by atoms with Gasteiger partial charge in [-0.2, -0.15) is 0 Å². The molecule has 1 N–H and O–H groups in total. The Kier molecular flexibility index (Phi) is 4.56. The Morgan fingerprint density at radius 3 is 2.62 bits per heavy atom. The fourth-order valence-corrected chi connectivity index (χ4v) is 4.59. The number of amides is 1. The molecule has 0 aliphatic carbocycles. The highest BCUT2D eigenvalue weighted by Crippen LogP contribution is 2.29. The number of rotatable bonds is 3. The number of hydrogen-bond acceptors (Lipinski definition) is 4. The molecule has 1 fully saturated rings. The first kappa shape index (κ1) is 15.8. The second kappa shape index (κ2) is 6.05. The Bertz CT molecular complexity index is 626. The van der Waals surface area contributed by atoms with E-state index in [1.54, 1.807) is 38.2 Å². The van der Waals surface area contributed by atoms with Crippen molar-refractivity contribution in [1.29, 1.82) is 0 Å². The van der Waals surface area contributed by atoms with Crippen LogP contribution in [0.3, 0.4) is 0 Å². The highest BCUT2D eigenvalue weighted by atomic mass is 32.2. The average Bonchev–Trinajstić information content (AvgIpc) is 2.45. The van der Waals surface area contributed by atoms with Crippen LogP contribution in [0.2, 0.25) is 0 Å². The van der Waals surface area contributed by atoms with Gasteiger partial charge in [-0.1, -0.05) is 24.6 Å². The highest BCUT2D eigenvalue weighted by Gasteiger charge is 2.37. The maximum atomic E-state index is 12.5. The Balaban J connectivity index is 2.21. The van der Waals surface area contributed by atoms with Crippen LogP contribution in [-0.2, 0) is 14.6 Å². The SMILES string of the molecule is CC(c1ccccc1O)N(C)C(=O)C1CCCCS1(=O)=O. The molecule has 116 valence electrons. The van der Waals surface area contributed by atoms with Crippen LogP contribution in [0.25, 0.3) is 0 Å². The van der Waals surface area contributed by atoms with Gasteiger partial charge in [-0.3, -0.25) is 4.79 Å². The monoisotopic (exact) mass is 311 g/mol. The lowest BCUT2D eigenvalue weighted by molar-refractivity contribution is -0.131. The van der Waals surface area contributed by atoms with Crippen molar-refractivity contribution in [2.24, 2.45) is 0 Å². The Hall–Kier alpha value is -1.56. The van der Waals surface area contributed by atoms with Crippen molar-refractivity contribution in [3.8, 4) is 5.75 Å². The first-order valence-electron chi connectivity index (χ1n) is 7.10. The quantitative estimate of drug-likeness (QED) is 0.925. The second-order valence-electron chi connectivity index (χ2n) is 5.54. The van der Waals surface area contributed by atoms with Crippen LogP contribution in [-0.4, -0.2) is 42.4 Å². The van der Waals surface area contributed by atoms with Gasteiger partial charge in [0.2, 0.25) is 5.91 Å². The van der Waals surface area contributed by atoms with E-state index in [1.807, 2.05) is 0 Å². The topological polar surface area (TPSA) is 74.7 Å². The molecule has 0 radical (unpaired) electrons. The van der Waals surface area contributed by atoms with Gasteiger partial charge in [-0.25, -0.2) is 8.42 Å². The van der Waals surface area contributed by atoms with E-state index >= 15 is 0 Å². The Morgan fingerprint density at radius 2 is 2.00 bits per heavy atom. The Labute approximate surface area is 125 Å². The number of sulfone groups is 1. The van der Waals surface area contributed by atoms with Gasteiger partial charge in [0.25, 0.3) is 0 Å². The normalized spacial score (nSPS) is 22.5. The number of benzene rings is 1. The van der Waals surface area contributed by atoms with Gasteiger partial charge in [0, 0.05) is 12.6 Å².